The second kappa shape index (κ2) is 6.32. The van der Waals surface area contributed by atoms with Gasteiger partial charge in [0, 0.05) is 17.3 Å². The van der Waals surface area contributed by atoms with Crippen molar-refractivity contribution in [1.82, 2.24) is 5.16 Å². The summed E-state index contributed by atoms with van der Waals surface area (Å²) in [6, 6.07) is 14.9. The van der Waals surface area contributed by atoms with E-state index in [4.69, 9.17) is 14.0 Å². The Morgan fingerprint density at radius 3 is 2.88 bits per heavy atom. The van der Waals surface area contributed by atoms with E-state index in [1.165, 1.54) is 0 Å². The molecule has 2 aromatic carbocycles. The Morgan fingerprint density at radius 1 is 1.12 bits per heavy atom. The number of hydrogen-bond acceptors (Lipinski definition) is 5. The first-order valence-electron chi connectivity index (χ1n) is 7.89. The van der Waals surface area contributed by atoms with Crippen molar-refractivity contribution in [3.8, 4) is 22.8 Å². The number of carbonyl (C=O) groups excluding carboxylic acids is 1. The number of fused-ring (bicyclic) bond motifs is 1. The number of nitrogens with zero attached hydrogens (tertiary/aromatic N) is 1. The lowest BCUT2D eigenvalue weighted by Crippen LogP contribution is -2.14. The van der Waals surface area contributed by atoms with Crippen molar-refractivity contribution < 1.29 is 18.8 Å². The molecule has 2 heterocycles. The van der Waals surface area contributed by atoms with E-state index in [9.17, 15) is 4.79 Å². The number of hydrogen-bond donors (Lipinski definition) is 1. The zero-order chi connectivity index (χ0) is 17.2. The third kappa shape index (κ3) is 3.33. The molecule has 4 rings (SSSR count). The first-order chi connectivity index (χ1) is 12.2. The molecular weight excluding hydrogens is 320 g/mol. The van der Waals surface area contributed by atoms with E-state index in [1.807, 2.05) is 49.4 Å². The van der Waals surface area contributed by atoms with Gasteiger partial charge in [0.05, 0.1) is 12.1 Å². The largest absolute Gasteiger partial charge is 0.454 e. The highest BCUT2D eigenvalue weighted by Gasteiger charge is 2.16. The zero-order valence-corrected chi connectivity index (χ0v) is 13.6. The molecule has 1 amide bonds. The lowest BCUT2D eigenvalue weighted by atomic mass is 10.1. The van der Waals surface area contributed by atoms with Gasteiger partial charge in [-0.15, -0.1) is 0 Å². The molecule has 0 radical (unpaired) electrons. The van der Waals surface area contributed by atoms with Crippen LogP contribution in [0.5, 0.6) is 11.5 Å². The van der Waals surface area contributed by atoms with Crippen LogP contribution in [0.1, 0.15) is 11.3 Å². The maximum Gasteiger partial charge on any atom is 0.231 e. The zero-order valence-electron chi connectivity index (χ0n) is 13.6. The van der Waals surface area contributed by atoms with Crippen molar-refractivity contribution in [3.63, 3.8) is 0 Å². The maximum atomic E-state index is 12.2. The molecule has 0 atom stereocenters. The number of carbonyl (C=O) groups is 1. The lowest BCUT2D eigenvalue weighted by Gasteiger charge is -2.04. The number of aromatic nitrogens is 1. The smallest absolute Gasteiger partial charge is 0.231 e. The van der Waals surface area contributed by atoms with E-state index < -0.39 is 0 Å². The van der Waals surface area contributed by atoms with E-state index in [1.54, 1.807) is 6.07 Å². The van der Waals surface area contributed by atoms with Gasteiger partial charge in [-0.1, -0.05) is 17.3 Å². The summed E-state index contributed by atoms with van der Waals surface area (Å²) in [5.41, 5.74) is 3.24. The molecule has 0 fully saturated rings. The number of nitrogens with one attached hydrogen (secondary N) is 1. The van der Waals surface area contributed by atoms with Crippen LogP contribution in [-0.2, 0) is 11.2 Å². The summed E-state index contributed by atoms with van der Waals surface area (Å²) in [5.74, 6) is 1.82. The molecule has 126 valence electrons. The van der Waals surface area contributed by atoms with Crippen molar-refractivity contribution in [3.05, 3.63) is 59.8 Å². The summed E-state index contributed by atoms with van der Waals surface area (Å²) in [6.07, 6.45) is 0.141. The maximum absolute atomic E-state index is 12.2. The summed E-state index contributed by atoms with van der Waals surface area (Å²) in [6.45, 7) is 2.20. The third-order valence-corrected chi connectivity index (χ3v) is 3.86. The van der Waals surface area contributed by atoms with Crippen LogP contribution in [0, 0.1) is 6.92 Å². The lowest BCUT2D eigenvalue weighted by molar-refractivity contribution is -0.115. The van der Waals surface area contributed by atoms with Gasteiger partial charge in [0.1, 0.15) is 0 Å². The first-order valence-corrected chi connectivity index (χ1v) is 7.89. The highest BCUT2D eigenvalue weighted by atomic mass is 16.7. The molecule has 0 bridgehead atoms. The van der Waals surface area contributed by atoms with Gasteiger partial charge >= 0.3 is 0 Å². The molecule has 0 aliphatic carbocycles. The Morgan fingerprint density at radius 2 is 2.00 bits per heavy atom. The quantitative estimate of drug-likeness (QED) is 0.788. The van der Waals surface area contributed by atoms with E-state index in [0.717, 1.165) is 16.8 Å². The molecule has 0 saturated heterocycles. The summed E-state index contributed by atoms with van der Waals surface area (Å²) in [4.78, 5) is 12.2. The summed E-state index contributed by atoms with van der Waals surface area (Å²) >= 11 is 0. The van der Waals surface area contributed by atoms with Crippen LogP contribution < -0.4 is 14.8 Å². The normalized spacial score (nSPS) is 12.2. The average Bonchev–Trinajstić information content (AvgIpc) is 3.23. The molecule has 0 saturated carbocycles. The minimum absolute atomic E-state index is 0.141. The molecule has 6 heteroatoms. The van der Waals surface area contributed by atoms with Crippen LogP contribution in [0.2, 0.25) is 0 Å². The summed E-state index contributed by atoms with van der Waals surface area (Å²) in [7, 11) is 0. The third-order valence-electron chi connectivity index (χ3n) is 3.86. The highest BCUT2D eigenvalue weighted by molar-refractivity contribution is 5.92. The van der Waals surface area contributed by atoms with E-state index in [-0.39, 0.29) is 19.1 Å². The average molecular weight is 336 g/mol. The van der Waals surface area contributed by atoms with Gasteiger partial charge < -0.3 is 19.3 Å². The minimum Gasteiger partial charge on any atom is -0.454 e. The SMILES string of the molecule is Cc1cccc(NC(=O)Cc2cc(-c3ccc4c(c3)OCO4)on2)c1. The predicted octanol–water partition coefficient (Wildman–Crippen LogP) is 3.56. The van der Waals surface area contributed by atoms with Crippen LogP contribution in [0.15, 0.2) is 53.1 Å². The fourth-order valence-electron chi connectivity index (χ4n) is 2.67. The molecular formula is C19H16N2O4. The van der Waals surface area contributed by atoms with Crippen molar-refractivity contribution in [2.75, 3.05) is 12.1 Å². The first kappa shape index (κ1) is 15.3. The Balaban J connectivity index is 1.45. The van der Waals surface area contributed by atoms with Gasteiger partial charge in [-0.2, -0.15) is 0 Å². The number of ether oxygens (including phenoxy) is 2. The summed E-state index contributed by atoms with van der Waals surface area (Å²) < 4.78 is 16.0. The van der Waals surface area contributed by atoms with E-state index in [2.05, 4.69) is 10.5 Å². The van der Waals surface area contributed by atoms with Gasteiger partial charge in [0.25, 0.3) is 0 Å². The van der Waals surface area contributed by atoms with E-state index >= 15 is 0 Å². The van der Waals surface area contributed by atoms with Gasteiger partial charge in [-0.3, -0.25) is 4.79 Å². The van der Waals surface area contributed by atoms with Crippen LogP contribution >= 0.6 is 0 Å². The Bertz CT molecular complexity index is 933. The Hall–Kier alpha value is -3.28. The Kier molecular flexibility index (Phi) is 3.85. The van der Waals surface area contributed by atoms with Crippen LogP contribution in [0.25, 0.3) is 11.3 Å². The molecule has 3 aromatic rings. The summed E-state index contributed by atoms with van der Waals surface area (Å²) in [5, 5.41) is 6.83. The Labute approximate surface area is 144 Å². The monoisotopic (exact) mass is 336 g/mol. The van der Waals surface area contributed by atoms with Gasteiger partial charge in [0.15, 0.2) is 17.3 Å². The van der Waals surface area contributed by atoms with Crippen LogP contribution in [0.3, 0.4) is 0 Å². The molecule has 0 spiro atoms. The number of rotatable bonds is 4. The van der Waals surface area contributed by atoms with Crippen LogP contribution in [0.4, 0.5) is 5.69 Å². The predicted molar refractivity (Wildman–Crippen MR) is 91.6 cm³/mol. The fraction of sp³-hybridized carbons (Fsp3) is 0.158. The molecule has 0 unspecified atom stereocenters. The fourth-order valence-corrected chi connectivity index (χ4v) is 2.67. The second-order valence-corrected chi connectivity index (χ2v) is 5.84. The molecule has 1 N–H and O–H groups in total. The molecule has 25 heavy (non-hydrogen) atoms. The van der Waals surface area contributed by atoms with Gasteiger partial charge in [-0.05, 0) is 42.8 Å². The molecule has 6 nitrogen and oxygen atoms in total. The van der Waals surface area contributed by atoms with Crippen molar-refractivity contribution in [1.29, 1.82) is 0 Å². The number of anilines is 1. The number of amides is 1. The standard InChI is InChI=1S/C19H16N2O4/c1-12-3-2-4-14(7-12)20-19(22)10-15-9-17(25-21-15)13-5-6-16-18(8-13)24-11-23-16/h2-9H,10-11H2,1H3,(H,20,22). The minimum atomic E-state index is -0.142. The van der Waals surface area contributed by atoms with E-state index in [0.29, 0.717) is 23.0 Å². The van der Waals surface area contributed by atoms with Crippen molar-refractivity contribution in [2.45, 2.75) is 13.3 Å². The van der Waals surface area contributed by atoms with Crippen molar-refractivity contribution >= 4 is 11.6 Å². The van der Waals surface area contributed by atoms with Gasteiger partial charge in [-0.25, -0.2) is 0 Å². The molecule has 1 aromatic heterocycles. The topological polar surface area (TPSA) is 73.6 Å². The van der Waals surface area contributed by atoms with Crippen molar-refractivity contribution in [2.24, 2.45) is 0 Å². The van der Waals surface area contributed by atoms with Crippen LogP contribution in [-0.4, -0.2) is 17.9 Å². The van der Waals surface area contributed by atoms with Gasteiger partial charge in [0.2, 0.25) is 12.7 Å². The molecule has 1 aliphatic heterocycles. The molecule has 1 aliphatic rings. The highest BCUT2D eigenvalue weighted by Crippen LogP contribution is 2.36. The second-order valence-electron chi connectivity index (χ2n) is 5.84. The number of benzene rings is 2. The number of aryl methyl sites for hydroxylation is 1.